The van der Waals surface area contributed by atoms with Crippen LogP contribution in [0.4, 0.5) is 0 Å². The van der Waals surface area contributed by atoms with Crippen molar-refractivity contribution in [2.24, 2.45) is 51.2 Å². The summed E-state index contributed by atoms with van der Waals surface area (Å²) in [5, 5.41) is 53.5. The summed E-state index contributed by atoms with van der Waals surface area (Å²) in [6, 6.07) is 0. The average molecular weight is 679 g/mol. The van der Waals surface area contributed by atoms with Crippen LogP contribution in [0.5, 0.6) is 0 Å². The van der Waals surface area contributed by atoms with E-state index in [1.165, 1.54) is 7.11 Å². The van der Waals surface area contributed by atoms with Crippen LogP contribution in [0.3, 0.4) is 0 Å². The summed E-state index contributed by atoms with van der Waals surface area (Å²) in [5.74, 6) is -1.09. The lowest BCUT2D eigenvalue weighted by Gasteiger charge is -2.71. The van der Waals surface area contributed by atoms with E-state index >= 15 is 0 Å². The van der Waals surface area contributed by atoms with Crippen LogP contribution >= 0.6 is 0 Å². The van der Waals surface area contributed by atoms with Gasteiger partial charge in [-0.25, -0.2) is 0 Å². The van der Waals surface area contributed by atoms with Crippen LogP contribution < -0.4 is 0 Å². The molecule has 0 amide bonds. The zero-order valence-corrected chi connectivity index (χ0v) is 29.7. The number of carbonyl (C=O) groups is 2. The first-order valence-electron chi connectivity index (χ1n) is 17.9. The van der Waals surface area contributed by atoms with Crippen molar-refractivity contribution < 1.29 is 54.1 Å². The third kappa shape index (κ3) is 4.84. The number of esters is 2. The highest BCUT2D eigenvalue weighted by molar-refractivity contribution is 5.78. The van der Waals surface area contributed by atoms with E-state index in [9.17, 15) is 35.1 Å². The van der Waals surface area contributed by atoms with Crippen molar-refractivity contribution in [3.05, 3.63) is 12.2 Å². The summed E-state index contributed by atoms with van der Waals surface area (Å²) < 4.78 is 23.3. The van der Waals surface area contributed by atoms with Gasteiger partial charge in [0.25, 0.3) is 0 Å². The van der Waals surface area contributed by atoms with Crippen molar-refractivity contribution in [1.29, 1.82) is 0 Å². The molecule has 11 nitrogen and oxygen atoms in total. The van der Waals surface area contributed by atoms with E-state index in [4.69, 9.17) is 18.9 Å². The fourth-order valence-corrected chi connectivity index (χ4v) is 12.8. The fraction of sp³-hybridized carbons (Fsp3) is 0.892. The lowest BCUT2D eigenvalue weighted by Crippen LogP contribution is -2.69. The lowest BCUT2D eigenvalue weighted by atomic mass is 9.33. The maximum absolute atomic E-state index is 14.5. The van der Waals surface area contributed by atoms with Crippen LogP contribution in [0.2, 0.25) is 0 Å². The zero-order valence-electron chi connectivity index (χ0n) is 29.7. The van der Waals surface area contributed by atoms with Crippen molar-refractivity contribution in [3.63, 3.8) is 0 Å². The maximum atomic E-state index is 14.5. The Labute approximate surface area is 284 Å². The van der Waals surface area contributed by atoms with E-state index in [0.717, 1.165) is 24.8 Å². The Bertz CT molecular complexity index is 1300. The SMILES string of the molecule is C=C(C)[C@@H]1CC[C@]2(C(=O)O[C@@H]3O[C@H](CO)[C@@H](O)[C@H](O)[C@H]3O)CC[C@]3(C)C(C[C@@H](O)C4[C@]5(C)C(CC[C@]43C)C(C)(C)O[C@@H]5CC(=O)OC)C12. The highest BCUT2D eigenvalue weighted by Gasteiger charge is 2.76. The third-order valence-electron chi connectivity index (χ3n) is 15.2. The normalized spacial score (nSPS) is 52.3. The van der Waals surface area contributed by atoms with Crippen LogP contribution in [0.15, 0.2) is 12.2 Å². The Morgan fingerprint density at radius 3 is 2.23 bits per heavy atom. The summed E-state index contributed by atoms with van der Waals surface area (Å²) in [5.41, 5.74) is -1.52. The Balaban J connectivity index is 1.37. The summed E-state index contributed by atoms with van der Waals surface area (Å²) in [6.07, 6.45) is -3.83. The second-order valence-electron chi connectivity index (χ2n) is 17.4. The molecule has 16 atom stereocenters. The van der Waals surface area contributed by atoms with E-state index in [1.807, 2.05) is 6.92 Å². The number of allylic oxidation sites excluding steroid dienone is 1. The number of hydrogen-bond donors (Lipinski definition) is 5. The van der Waals surface area contributed by atoms with Gasteiger partial charge in [-0.15, -0.1) is 0 Å². The van der Waals surface area contributed by atoms with Gasteiger partial charge in [0.2, 0.25) is 6.29 Å². The molecule has 11 heteroatoms. The van der Waals surface area contributed by atoms with E-state index in [-0.39, 0.29) is 52.8 Å². The smallest absolute Gasteiger partial charge is 0.314 e. The Hall–Kier alpha value is -1.60. The number of hydrogen-bond acceptors (Lipinski definition) is 11. The average Bonchev–Trinajstić information content (AvgIpc) is 3.51. The Morgan fingerprint density at radius 2 is 1.60 bits per heavy atom. The second-order valence-corrected chi connectivity index (χ2v) is 17.4. The van der Waals surface area contributed by atoms with Crippen LogP contribution in [-0.4, -0.2) is 99.7 Å². The highest BCUT2D eigenvalue weighted by atomic mass is 16.7. The van der Waals surface area contributed by atoms with Gasteiger partial charge in [0.1, 0.15) is 24.4 Å². The first-order chi connectivity index (χ1) is 22.3. The Kier molecular flexibility index (Phi) is 9.04. The van der Waals surface area contributed by atoms with Gasteiger partial charge in [-0.05, 0) is 106 Å². The molecular weight excluding hydrogens is 620 g/mol. The van der Waals surface area contributed by atoms with E-state index in [0.29, 0.717) is 25.7 Å². The van der Waals surface area contributed by atoms with E-state index in [2.05, 4.69) is 41.2 Å². The molecule has 5 N–H and O–H groups in total. The fourth-order valence-electron chi connectivity index (χ4n) is 12.8. The summed E-state index contributed by atoms with van der Waals surface area (Å²) >= 11 is 0. The van der Waals surface area contributed by atoms with E-state index in [1.54, 1.807) is 0 Å². The number of aliphatic hydroxyl groups is 5. The number of aliphatic hydroxyl groups excluding tert-OH is 5. The minimum Gasteiger partial charge on any atom is -0.469 e. The molecule has 4 unspecified atom stereocenters. The van der Waals surface area contributed by atoms with Crippen molar-refractivity contribution in [2.45, 2.75) is 141 Å². The highest BCUT2D eigenvalue weighted by Crippen LogP contribution is 2.77. The Morgan fingerprint density at radius 1 is 0.917 bits per heavy atom. The van der Waals surface area contributed by atoms with Gasteiger partial charge >= 0.3 is 11.9 Å². The second kappa shape index (κ2) is 12.0. The molecule has 0 bridgehead atoms. The molecule has 2 heterocycles. The van der Waals surface area contributed by atoms with Crippen molar-refractivity contribution in [1.82, 2.24) is 0 Å². The van der Waals surface area contributed by atoms with Gasteiger partial charge in [-0.2, -0.15) is 0 Å². The van der Waals surface area contributed by atoms with Gasteiger partial charge in [-0.3, -0.25) is 9.59 Å². The molecule has 0 spiro atoms. The molecule has 0 aromatic heterocycles. The predicted molar refractivity (Wildman–Crippen MR) is 173 cm³/mol. The topological polar surface area (TPSA) is 172 Å². The first kappa shape index (κ1) is 36.2. The molecule has 272 valence electrons. The number of methoxy groups -OCH3 is 1. The first-order valence-corrected chi connectivity index (χ1v) is 17.9. The molecule has 0 aromatic carbocycles. The quantitative estimate of drug-likeness (QED) is 0.207. The van der Waals surface area contributed by atoms with Crippen LogP contribution in [-0.2, 0) is 28.5 Å². The molecule has 2 saturated heterocycles. The molecule has 4 aliphatic carbocycles. The predicted octanol–water partition coefficient (Wildman–Crippen LogP) is 2.88. The summed E-state index contributed by atoms with van der Waals surface area (Å²) in [7, 11) is 1.39. The molecule has 2 aliphatic heterocycles. The van der Waals surface area contributed by atoms with Gasteiger partial charge in [-0.1, -0.05) is 32.9 Å². The molecular formula is C37H58O11. The zero-order chi connectivity index (χ0) is 35.4. The summed E-state index contributed by atoms with van der Waals surface area (Å²) in [6.45, 7) is 16.8. The number of carbonyl (C=O) groups excluding carboxylic acids is 2. The molecule has 6 fully saturated rings. The standard InChI is InChI=1S/C37H58O11/c1-18(2)19-9-12-37(32(44)47-31-29(43)28(42)27(41)22(17-38)46-31)14-13-34(5)20(26(19)37)15-21(39)30-35(34,6)11-10-23-33(3,4)48-24(36(23,30)7)16-25(40)45-8/h19-24,26-31,38-39,41-43H,1,9-17H2,2-8H3/t19-,20?,21+,22+,23?,24+,26?,27+,28-,29+,30?,31-,34+,35+,36+,37-/m0/s1. The molecule has 6 rings (SSSR count). The molecule has 0 aromatic rings. The monoisotopic (exact) mass is 678 g/mol. The van der Waals surface area contributed by atoms with Crippen molar-refractivity contribution in [3.8, 4) is 0 Å². The number of fused-ring (bicyclic) bond motifs is 7. The number of rotatable bonds is 6. The third-order valence-corrected chi connectivity index (χ3v) is 15.2. The minimum atomic E-state index is -1.68. The number of ether oxygens (including phenoxy) is 4. The maximum Gasteiger partial charge on any atom is 0.314 e. The summed E-state index contributed by atoms with van der Waals surface area (Å²) in [4.78, 5) is 27.1. The lowest BCUT2D eigenvalue weighted by molar-refractivity contribution is -0.299. The van der Waals surface area contributed by atoms with Crippen molar-refractivity contribution >= 4 is 11.9 Å². The van der Waals surface area contributed by atoms with Crippen LogP contribution in [0.1, 0.15) is 92.9 Å². The minimum absolute atomic E-state index is 0.0112. The van der Waals surface area contributed by atoms with E-state index < -0.39 is 71.9 Å². The van der Waals surface area contributed by atoms with Crippen LogP contribution in [0.25, 0.3) is 0 Å². The van der Waals surface area contributed by atoms with Gasteiger partial charge < -0.3 is 44.5 Å². The van der Waals surface area contributed by atoms with Gasteiger partial charge in [0, 0.05) is 5.41 Å². The van der Waals surface area contributed by atoms with Crippen molar-refractivity contribution in [2.75, 3.05) is 13.7 Å². The molecule has 6 aliphatic rings. The van der Waals surface area contributed by atoms with Crippen LogP contribution in [0, 0.1) is 51.2 Å². The largest absolute Gasteiger partial charge is 0.469 e. The molecule has 4 saturated carbocycles. The molecule has 48 heavy (non-hydrogen) atoms. The molecule has 0 radical (unpaired) electrons. The van der Waals surface area contributed by atoms with Gasteiger partial charge in [0.05, 0.1) is 43.4 Å². The van der Waals surface area contributed by atoms with Gasteiger partial charge in [0.15, 0.2) is 0 Å².